The highest BCUT2D eigenvalue weighted by molar-refractivity contribution is 8.14. The van der Waals surface area contributed by atoms with E-state index < -0.39 is 18.2 Å². The average molecular weight is 629 g/mol. The molecular formula is C30H25F5N6O2S. The van der Waals surface area contributed by atoms with Crippen LogP contribution in [0.2, 0.25) is 0 Å². The molecule has 0 bridgehead atoms. The quantitative estimate of drug-likeness (QED) is 0.211. The molecule has 1 N–H and O–H groups in total. The van der Waals surface area contributed by atoms with Crippen LogP contribution in [0, 0.1) is 5.82 Å². The summed E-state index contributed by atoms with van der Waals surface area (Å²) >= 11 is 1.38. The number of hydrogen-bond donors (Lipinski definition) is 1. The number of benzene rings is 3. The van der Waals surface area contributed by atoms with Crippen LogP contribution in [0.4, 0.5) is 32.4 Å². The van der Waals surface area contributed by atoms with E-state index in [4.69, 9.17) is 0 Å². The zero-order chi connectivity index (χ0) is 31.4. The molecule has 14 heteroatoms. The molecule has 0 spiro atoms. The van der Waals surface area contributed by atoms with Crippen molar-refractivity contribution in [3.8, 4) is 22.8 Å². The number of anilines is 1. The number of halogens is 5. The number of urea groups is 1. The average Bonchev–Trinajstić information content (AvgIpc) is 3.66. The van der Waals surface area contributed by atoms with Gasteiger partial charge in [-0.2, -0.15) is 4.99 Å². The van der Waals surface area contributed by atoms with Gasteiger partial charge in [0.1, 0.15) is 23.7 Å². The van der Waals surface area contributed by atoms with Crippen LogP contribution in [-0.4, -0.2) is 44.6 Å². The fourth-order valence-electron chi connectivity index (χ4n) is 4.38. The first-order chi connectivity index (χ1) is 21.0. The number of rotatable bonds is 7. The van der Waals surface area contributed by atoms with Crippen molar-refractivity contribution in [3.63, 3.8) is 0 Å². The topological polar surface area (TPSA) is 84.6 Å². The van der Waals surface area contributed by atoms with Crippen LogP contribution in [0.3, 0.4) is 0 Å². The SMILES string of the molecule is CC(C)c1cc(F)ccc1N1CCS/C1=N\C(=O)N/C=C(\F)c1ccc(-c2ncn(-c3ccc(OC(F)(F)F)cc3)n2)cc1. The first-order valence-corrected chi connectivity index (χ1v) is 14.3. The lowest BCUT2D eigenvalue weighted by Gasteiger charge is -2.23. The Morgan fingerprint density at radius 2 is 1.82 bits per heavy atom. The molecule has 0 radical (unpaired) electrons. The number of nitrogens with zero attached hydrogens (tertiary/aromatic N) is 5. The Hall–Kier alpha value is -4.72. The van der Waals surface area contributed by atoms with Gasteiger partial charge in [-0.3, -0.25) is 0 Å². The van der Waals surface area contributed by atoms with Crippen molar-refractivity contribution in [2.75, 3.05) is 17.2 Å². The van der Waals surface area contributed by atoms with Gasteiger partial charge in [0.2, 0.25) is 0 Å². The highest BCUT2D eigenvalue weighted by atomic mass is 32.2. The molecule has 0 aliphatic carbocycles. The Kier molecular flexibility index (Phi) is 8.99. The summed E-state index contributed by atoms with van der Waals surface area (Å²) < 4.78 is 71.1. The number of nitrogens with one attached hydrogen (secondary N) is 1. The molecule has 0 atom stereocenters. The standard InChI is InChI=1S/C30H25F5N6O2S/c1-18(2)24-15-21(31)7-12-26(24)40-13-14-44-29(40)38-28(42)36-16-25(32)19-3-5-20(6-4-19)27-37-17-41(39-27)22-8-10-23(11-9-22)43-30(33,34)35/h3-12,15-18H,13-14H2,1-2H3,(H,36,42)/b25-16-,38-29-. The van der Waals surface area contributed by atoms with E-state index in [9.17, 15) is 26.7 Å². The second kappa shape index (κ2) is 12.9. The Bertz CT molecular complexity index is 1700. The molecule has 5 rings (SSSR count). The van der Waals surface area contributed by atoms with E-state index in [2.05, 4.69) is 25.1 Å². The van der Waals surface area contributed by atoms with E-state index in [-0.39, 0.29) is 23.0 Å². The van der Waals surface area contributed by atoms with Crippen LogP contribution in [0.1, 0.15) is 30.9 Å². The number of alkyl halides is 3. The van der Waals surface area contributed by atoms with Crippen molar-refractivity contribution < 1.29 is 31.5 Å². The summed E-state index contributed by atoms with van der Waals surface area (Å²) in [7, 11) is 0. The molecule has 2 amide bonds. The van der Waals surface area contributed by atoms with Gasteiger partial charge in [0, 0.05) is 35.3 Å². The predicted molar refractivity (Wildman–Crippen MR) is 159 cm³/mol. The second-order valence-electron chi connectivity index (χ2n) is 9.83. The van der Waals surface area contributed by atoms with Crippen LogP contribution in [-0.2, 0) is 0 Å². The van der Waals surface area contributed by atoms with Gasteiger partial charge in [0.05, 0.1) is 5.69 Å². The van der Waals surface area contributed by atoms with Gasteiger partial charge in [-0.15, -0.1) is 18.3 Å². The third-order valence-corrected chi connectivity index (χ3v) is 7.40. The predicted octanol–water partition coefficient (Wildman–Crippen LogP) is 7.68. The number of aliphatic imine (C=N–C) groups is 1. The molecule has 1 fully saturated rings. The monoisotopic (exact) mass is 628 g/mol. The zero-order valence-corrected chi connectivity index (χ0v) is 24.2. The van der Waals surface area contributed by atoms with Crippen LogP contribution in [0.25, 0.3) is 22.9 Å². The molecule has 0 unspecified atom stereocenters. The number of amidine groups is 1. The van der Waals surface area contributed by atoms with E-state index in [0.717, 1.165) is 29.6 Å². The van der Waals surface area contributed by atoms with Gasteiger partial charge in [0.15, 0.2) is 11.0 Å². The number of aromatic nitrogens is 3. The first kappa shape index (κ1) is 30.7. The van der Waals surface area contributed by atoms with Gasteiger partial charge in [-0.1, -0.05) is 49.9 Å². The van der Waals surface area contributed by atoms with Gasteiger partial charge in [-0.25, -0.2) is 23.2 Å². The van der Waals surface area contributed by atoms with Crippen molar-refractivity contribution in [1.82, 2.24) is 20.1 Å². The maximum absolute atomic E-state index is 14.9. The van der Waals surface area contributed by atoms with Crippen LogP contribution < -0.4 is 15.0 Å². The van der Waals surface area contributed by atoms with Gasteiger partial charge in [-0.05, 0) is 53.9 Å². The summed E-state index contributed by atoms with van der Waals surface area (Å²) in [6.45, 7) is 4.50. The zero-order valence-electron chi connectivity index (χ0n) is 23.3. The van der Waals surface area contributed by atoms with Gasteiger partial charge in [0.25, 0.3) is 0 Å². The third-order valence-electron chi connectivity index (χ3n) is 6.44. The molecule has 44 heavy (non-hydrogen) atoms. The molecule has 0 saturated carbocycles. The van der Waals surface area contributed by atoms with Crippen molar-refractivity contribution in [2.24, 2.45) is 4.99 Å². The van der Waals surface area contributed by atoms with Gasteiger partial charge >= 0.3 is 12.4 Å². The molecule has 1 saturated heterocycles. The summed E-state index contributed by atoms with van der Waals surface area (Å²) in [5.41, 5.74) is 2.78. The van der Waals surface area contributed by atoms with Crippen molar-refractivity contribution in [3.05, 3.63) is 96.2 Å². The lowest BCUT2D eigenvalue weighted by Crippen LogP contribution is -2.27. The number of hydrogen-bond acceptors (Lipinski definition) is 5. The second-order valence-corrected chi connectivity index (χ2v) is 10.9. The minimum absolute atomic E-state index is 0.0544. The van der Waals surface area contributed by atoms with Gasteiger partial charge < -0.3 is 15.0 Å². The normalized spacial score (nSPS) is 14.9. The molecule has 4 aromatic rings. The van der Waals surface area contributed by atoms with Crippen LogP contribution in [0.15, 0.2) is 84.2 Å². The summed E-state index contributed by atoms with van der Waals surface area (Å²) in [5, 5.41) is 7.11. The van der Waals surface area contributed by atoms with Crippen molar-refractivity contribution in [1.29, 1.82) is 0 Å². The van der Waals surface area contributed by atoms with Crippen LogP contribution >= 0.6 is 11.8 Å². The Morgan fingerprint density at radius 1 is 1.09 bits per heavy atom. The molecule has 8 nitrogen and oxygen atoms in total. The van der Waals surface area contributed by atoms with E-state index >= 15 is 0 Å². The number of ether oxygens (including phenoxy) is 1. The molecular weight excluding hydrogens is 603 g/mol. The Morgan fingerprint density at radius 3 is 2.50 bits per heavy atom. The summed E-state index contributed by atoms with van der Waals surface area (Å²) in [4.78, 5) is 22.7. The molecule has 2 heterocycles. The number of thioether (sulfide) groups is 1. The maximum Gasteiger partial charge on any atom is 0.573 e. The van der Waals surface area contributed by atoms with E-state index in [1.807, 2.05) is 18.7 Å². The molecule has 1 aliphatic rings. The summed E-state index contributed by atoms with van der Waals surface area (Å²) in [6, 6.07) is 15.0. The lowest BCUT2D eigenvalue weighted by molar-refractivity contribution is -0.274. The largest absolute Gasteiger partial charge is 0.573 e. The molecule has 1 aromatic heterocycles. The minimum Gasteiger partial charge on any atom is -0.406 e. The summed E-state index contributed by atoms with van der Waals surface area (Å²) in [5.74, 6) is -0.359. The minimum atomic E-state index is -4.79. The Labute approximate surface area is 253 Å². The van der Waals surface area contributed by atoms with Crippen LogP contribution in [0.5, 0.6) is 5.75 Å². The van der Waals surface area contributed by atoms with E-state index in [1.165, 1.54) is 59.2 Å². The lowest BCUT2D eigenvalue weighted by atomic mass is 10.0. The smallest absolute Gasteiger partial charge is 0.406 e. The third kappa shape index (κ3) is 7.43. The van der Waals surface area contributed by atoms with E-state index in [1.54, 1.807) is 18.2 Å². The molecule has 228 valence electrons. The van der Waals surface area contributed by atoms with Crippen molar-refractivity contribution in [2.45, 2.75) is 26.1 Å². The summed E-state index contributed by atoms with van der Waals surface area (Å²) in [6.07, 6.45) is -2.48. The van der Waals surface area contributed by atoms with Crippen molar-refractivity contribution >= 4 is 34.5 Å². The van der Waals surface area contributed by atoms with E-state index in [0.29, 0.717) is 34.5 Å². The molecule has 3 aromatic carbocycles. The first-order valence-electron chi connectivity index (χ1n) is 13.3. The Balaban J connectivity index is 1.23. The number of carbonyl (C=O) groups is 1. The molecule has 1 aliphatic heterocycles. The number of carbonyl (C=O) groups excluding carboxylic acids is 1. The maximum atomic E-state index is 14.9. The number of amides is 2. The fraction of sp³-hybridized carbons (Fsp3) is 0.200. The highest BCUT2D eigenvalue weighted by Gasteiger charge is 2.31. The fourth-order valence-corrected chi connectivity index (χ4v) is 5.33. The highest BCUT2D eigenvalue weighted by Crippen LogP contribution is 2.33.